The Morgan fingerprint density at radius 3 is 2.21 bits per heavy atom. The van der Waals surface area contributed by atoms with Gasteiger partial charge in [0, 0.05) is 17.0 Å². The summed E-state index contributed by atoms with van der Waals surface area (Å²) in [7, 11) is 4.79. The highest BCUT2D eigenvalue weighted by molar-refractivity contribution is 7.15. The molecule has 4 rings (SSSR count). The van der Waals surface area contributed by atoms with Crippen LogP contribution in [0.25, 0.3) is 28.0 Å². The van der Waals surface area contributed by atoms with Gasteiger partial charge in [0.05, 0.1) is 11.4 Å². The number of fused-ring (bicyclic) bond motifs is 1. The van der Waals surface area contributed by atoms with E-state index in [2.05, 4.69) is 60.1 Å². The maximum Gasteiger partial charge on any atom is 0.126 e. The molecule has 0 spiro atoms. The SMILES string of the molecule is C=Cc1nc(C(C)C)c(-c2ccc(F)c(C)c2)c2ccccc12.C=P.CNC1CCCCC1. The molecule has 0 amide bonds. The van der Waals surface area contributed by atoms with Crippen LogP contribution >= 0.6 is 8.86 Å². The molecule has 1 aliphatic carbocycles. The van der Waals surface area contributed by atoms with Gasteiger partial charge in [0.25, 0.3) is 0 Å². The lowest BCUT2D eigenvalue weighted by atomic mass is 9.91. The molecule has 33 heavy (non-hydrogen) atoms. The Kier molecular flexibility index (Phi) is 10.9. The van der Waals surface area contributed by atoms with Crippen LogP contribution in [0.5, 0.6) is 0 Å². The lowest BCUT2D eigenvalue weighted by Crippen LogP contribution is -2.26. The first kappa shape index (κ1) is 26.9. The lowest BCUT2D eigenvalue weighted by Gasteiger charge is -2.20. The molecule has 0 atom stereocenters. The van der Waals surface area contributed by atoms with Gasteiger partial charge in [-0.05, 0) is 67.5 Å². The van der Waals surface area contributed by atoms with Gasteiger partial charge in [0.15, 0.2) is 0 Å². The first-order valence-corrected chi connectivity index (χ1v) is 12.5. The minimum absolute atomic E-state index is 0.181. The molecule has 3 aromatic rings. The van der Waals surface area contributed by atoms with Gasteiger partial charge in [0.2, 0.25) is 0 Å². The van der Waals surface area contributed by atoms with Gasteiger partial charge in [-0.25, -0.2) is 4.39 Å². The predicted molar refractivity (Wildman–Crippen MR) is 147 cm³/mol. The Morgan fingerprint density at radius 2 is 1.70 bits per heavy atom. The molecule has 0 radical (unpaired) electrons. The molecule has 176 valence electrons. The van der Waals surface area contributed by atoms with Crippen LogP contribution in [0.2, 0.25) is 0 Å². The van der Waals surface area contributed by atoms with E-state index in [1.165, 1.54) is 38.2 Å². The Bertz CT molecular complexity index is 1050. The van der Waals surface area contributed by atoms with Crippen molar-refractivity contribution >= 4 is 32.0 Å². The van der Waals surface area contributed by atoms with Gasteiger partial charge in [-0.1, -0.05) is 76.3 Å². The zero-order valence-corrected chi connectivity index (χ0v) is 21.5. The standard InChI is InChI=1S/C21H20FN.C7H15N.CH3P/c1-5-19-16-8-6-7-9-17(16)20(21(23-19)13(2)3)15-10-11-18(22)14(4)12-15;1-8-7-5-3-2-4-6-7;1-2/h5-13H,1H2,2-4H3;7-8H,2-6H2,1H3;2H,1H2. The van der Waals surface area contributed by atoms with Crippen LogP contribution in [-0.2, 0) is 0 Å². The smallest absolute Gasteiger partial charge is 0.126 e. The van der Waals surface area contributed by atoms with Gasteiger partial charge < -0.3 is 5.32 Å². The molecule has 1 heterocycles. The Hall–Kier alpha value is -2.35. The highest BCUT2D eigenvalue weighted by Crippen LogP contribution is 2.36. The molecule has 1 N–H and O–H groups in total. The summed E-state index contributed by atoms with van der Waals surface area (Å²) in [6.45, 7) is 9.95. The molecule has 4 heteroatoms. The predicted octanol–water partition coefficient (Wildman–Crippen LogP) is 8.22. The molecule has 0 bridgehead atoms. The van der Waals surface area contributed by atoms with E-state index in [1.807, 2.05) is 24.3 Å². The summed E-state index contributed by atoms with van der Waals surface area (Å²) in [5.74, 6) is 0.0819. The second kappa shape index (κ2) is 13.4. The third-order valence-corrected chi connectivity index (χ3v) is 6.17. The molecular weight excluding hydrogens is 426 g/mol. The number of rotatable bonds is 4. The number of nitrogens with one attached hydrogen (secondary N) is 1. The number of hydrogen-bond acceptors (Lipinski definition) is 2. The van der Waals surface area contributed by atoms with Crippen molar-refractivity contribution in [2.45, 2.75) is 64.8 Å². The summed E-state index contributed by atoms with van der Waals surface area (Å²) >= 11 is 0. The van der Waals surface area contributed by atoms with E-state index in [0.29, 0.717) is 5.56 Å². The summed E-state index contributed by atoms with van der Waals surface area (Å²) < 4.78 is 13.7. The van der Waals surface area contributed by atoms with Crippen molar-refractivity contribution in [2.75, 3.05) is 7.05 Å². The number of hydrogen-bond donors (Lipinski definition) is 1. The van der Waals surface area contributed by atoms with Crippen LogP contribution in [0.1, 0.15) is 68.8 Å². The zero-order valence-electron chi connectivity index (χ0n) is 20.5. The molecule has 0 saturated heterocycles. The van der Waals surface area contributed by atoms with E-state index in [4.69, 9.17) is 4.98 Å². The Morgan fingerprint density at radius 1 is 1.06 bits per heavy atom. The fourth-order valence-electron chi connectivity index (χ4n) is 4.38. The largest absolute Gasteiger partial charge is 0.317 e. The number of aromatic nitrogens is 1. The average Bonchev–Trinajstić information content (AvgIpc) is 2.86. The second-order valence-electron chi connectivity index (χ2n) is 8.75. The fraction of sp³-hybridized carbons (Fsp3) is 0.379. The minimum atomic E-state index is -0.181. The van der Waals surface area contributed by atoms with E-state index in [-0.39, 0.29) is 11.7 Å². The van der Waals surface area contributed by atoms with E-state index < -0.39 is 0 Å². The normalized spacial score (nSPS) is 13.6. The van der Waals surface area contributed by atoms with Crippen LogP contribution in [0.15, 0.2) is 49.0 Å². The van der Waals surface area contributed by atoms with Crippen molar-refractivity contribution in [2.24, 2.45) is 0 Å². The van der Waals surface area contributed by atoms with Crippen LogP contribution in [0.3, 0.4) is 0 Å². The summed E-state index contributed by atoms with van der Waals surface area (Å²) in [4.78, 5) is 4.84. The van der Waals surface area contributed by atoms with Crippen molar-refractivity contribution in [3.05, 3.63) is 71.8 Å². The maximum absolute atomic E-state index is 13.7. The molecule has 2 nitrogen and oxygen atoms in total. The quantitative estimate of drug-likeness (QED) is 0.394. The van der Waals surface area contributed by atoms with Crippen LogP contribution < -0.4 is 5.32 Å². The van der Waals surface area contributed by atoms with E-state index in [0.717, 1.165) is 39.3 Å². The van der Waals surface area contributed by atoms with Crippen molar-refractivity contribution in [3.63, 3.8) is 0 Å². The van der Waals surface area contributed by atoms with Crippen LogP contribution in [0.4, 0.5) is 4.39 Å². The van der Waals surface area contributed by atoms with Crippen LogP contribution in [0, 0.1) is 12.7 Å². The summed E-state index contributed by atoms with van der Waals surface area (Å²) in [5, 5.41) is 5.51. The molecule has 0 aliphatic heterocycles. The van der Waals surface area contributed by atoms with Gasteiger partial charge in [-0.15, -0.1) is 8.86 Å². The molecule has 0 unspecified atom stereocenters. The Balaban J connectivity index is 0.000000323. The molecule has 1 aromatic heterocycles. The van der Waals surface area contributed by atoms with E-state index >= 15 is 0 Å². The third-order valence-electron chi connectivity index (χ3n) is 6.17. The number of benzene rings is 2. The maximum atomic E-state index is 13.7. The van der Waals surface area contributed by atoms with Gasteiger partial charge in [-0.2, -0.15) is 0 Å². The monoisotopic (exact) mass is 464 g/mol. The molecule has 1 aliphatic rings. The molecule has 1 fully saturated rings. The van der Waals surface area contributed by atoms with E-state index in [1.54, 1.807) is 13.0 Å². The van der Waals surface area contributed by atoms with Gasteiger partial charge >= 0.3 is 0 Å². The molecular formula is C29H38FN2P. The zero-order chi connectivity index (χ0) is 24.4. The number of nitrogens with zero attached hydrogens (tertiary/aromatic N) is 1. The number of aryl methyl sites for hydroxylation is 1. The second-order valence-corrected chi connectivity index (χ2v) is 8.75. The number of halogens is 1. The summed E-state index contributed by atoms with van der Waals surface area (Å²) in [6.07, 6.45) is 12.0. The number of pyridine rings is 1. The van der Waals surface area contributed by atoms with Crippen molar-refractivity contribution in [1.82, 2.24) is 10.3 Å². The highest BCUT2D eigenvalue weighted by atomic mass is 31.0. The average molecular weight is 465 g/mol. The van der Waals surface area contributed by atoms with Crippen molar-refractivity contribution in [3.8, 4) is 11.1 Å². The summed E-state index contributed by atoms with van der Waals surface area (Å²) in [5.41, 5.74) is 4.65. The first-order chi connectivity index (χ1) is 16.0. The first-order valence-electron chi connectivity index (χ1n) is 11.8. The third kappa shape index (κ3) is 6.82. The topological polar surface area (TPSA) is 24.9 Å². The van der Waals surface area contributed by atoms with Gasteiger partial charge in [0.1, 0.15) is 5.82 Å². The van der Waals surface area contributed by atoms with Gasteiger partial charge in [-0.3, -0.25) is 4.98 Å². The van der Waals surface area contributed by atoms with Crippen molar-refractivity contribution < 1.29 is 4.39 Å². The van der Waals surface area contributed by atoms with E-state index in [9.17, 15) is 4.39 Å². The van der Waals surface area contributed by atoms with Crippen molar-refractivity contribution in [1.29, 1.82) is 0 Å². The van der Waals surface area contributed by atoms with Crippen LogP contribution in [-0.4, -0.2) is 24.4 Å². The highest BCUT2D eigenvalue weighted by Gasteiger charge is 2.17. The molecule has 2 aromatic carbocycles. The fourth-order valence-corrected chi connectivity index (χ4v) is 4.38. The molecule has 1 saturated carbocycles. The lowest BCUT2D eigenvalue weighted by molar-refractivity contribution is 0.394. The Labute approximate surface area is 201 Å². The summed E-state index contributed by atoms with van der Waals surface area (Å²) in [6, 6.07) is 14.3. The minimum Gasteiger partial charge on any atom is -0.317 e.